The Morgan fingerprint density at radius 3 is 2.46 bits per heavy atom. The zero-order valence-corrected chi connectivity index (χ0v) is 7.11. The molecule has 0 aliphatic heterocycles. The maximum absolute atomic E-state index is 10.6. The van der Waals surface area contributed by atoms with Gasteiger partial charge in [0.15, 0.2) is 0 Å². The quantitative estimate of drug-likeness (QED) is 0.552. The highest BCUT2D eigenvalue weighted by Crippen LogP contribution is 2.14. The fraction of sp³-hybridized carbons (Fsp3) is 0.111. The van der Waals surface area contributed by atoms with E-state index < -0.39 is 5.91 Å². The number of carbonyl (C=O) groups is 2. The van der Waals surface area contributed by atoms with Crippen molar-refractivity contribution >= 4 is 17.9 Å². The third kappa shape index (κ3) is 2.59. The Bertz CT molecular complexity index is 305. The van der Waals surface area contributed by atoms with E-state index in [2.05, 4.69) is 5.32 Å². The molecule has 0 aliphatic carbocycles. The van der Waals surface area contributed by atoms with Crippen molar-refractivity contribution in [1.29, 1.82) is 0 Å². The van der Waals surface area contributed by atoms with Crippen LogP contribution in [0.1, 0.15) is 0 Å². The van der Waals surface area contributed by atoms with Gasteiger partial charge < -0.3 is 10.1 Å². The van der Waals surface area contributed by atoms with Gasteiger partial charge in [-0.15, -0.1) is 0 Å². The number of aldehydes is 1. The van der Waals surface area contributed by atoms with Gasteiger partial charge in [0, 0.05) is 5.69 Å². The van der Waals surface area contributed by atoms with Crippen LogP contribution in [-0.4, -0.2) is 19.3 Å². The molecule has 0 unspecified atom stereocenters. The summed E-state index contributed by atoms with van der Waals surface area (Å²) in [6, 6.07) is 6.70. The lowest BCUT2D eigenvalue weighted by molar-refractivity contribution is -0.127. The van der Waals surface area contributed by atoms with Crippen LogP contribution in [0.2, 0.25) is 0 Å². The van der Waals surface area contributed by atoms with E-state index in [4.69, 9.17) is 4.74 Å². The molecule has 0 radical (unpaired) electrons. The largest absolute Gasteiger partial charge is 0.497 e. The molecule has 0 aliphatic rings. The van der Waals surface area contributed by atoms with Crippen molar-refractivity contribution in [3.05, 3.63) is 24.3 Å². The smallest absolute Gasteiger partial charge is 0.288 e. The molecule has 1 aromatic rings. The highest BCUT2D eigenvalue weighted by Gasteiger charge is 1.98. The van der Waals surface area contributed by atoms with E-state index in [1.165, 1.54) is 0 Å². The average molecular weight is 179 g/mol. The summed E-state index contributed by atoms with van der Waals surface area (Å²) in [4.78, 5) is 20.6. The zero-order valence-electron chi connectivity index (χ0n) is 7.11. The fourth-order valence-electron chi connectivity index (χ4n) is 0.846. The molecule has 0 heterocycles. The molecule has 1 amide bonds. The third-order valence-corrected chi connectivity index (χ3v) is 1.46. The van der Waals surface area contributed by atoms with Gasteiger partial charge in [0.1, 0.15) is 5.75 Å². The van der Waals surface area contributed by atoms with Crippen molar-refractivity contribution in [2.75, 3.05) is 12.4 Å². The Morgan fingerprint density at radius 1 is 1.38 bits per heavy atom. The lowest BCUT2D eigenvalue weighted by atomic mass is 10.3. The van der Waals surface area contributed by atoms with Crippen molar-refractivity contribution in [2.45, 2.75) is 0 Å². The molecule has 0 fully saturated rings. The Hall–Kier alpha value is -1.84. The molecular formula is C9H9NO3. The summed E-state index contributed by atoms with van der Waals surface area (Å²) in [5.41, 5.74) is 0.568. The van der Waals surface area contributed by atoms with Crippen molar-refractivity contribution in [3.8, 4) is 5.75 Å². The van der Waals surface area contributed by atoms with Gasteiger partial charge in [-0.2, -0.15) is 0 Å². The Kier molecular flexibility index (Phi) is 3.03. The second-order valence-electron chi connectivity index (χ2n) is 2.34. The molecule has 0 atom stereocenters. The SMILES string of the molecule is COc1ccc(NC(=O)C=O)cc1. The van der Waals surface area contributed by atoms with Gasteiger partial charge in [-0.1, -0.05) is 0 Å². The van der Waals surface area contributed by atoms with Gasteiger partial charge in [-0.3, -0.25) is 9.59 Å². The lowest BCUT2D eigenvalue weighted by Crippen LogP contribution is -2.11. The summed E-state index contributed by atoms with van der Waals surface area (Å²) < 4.78 is 4.92. The second kappa shape index (κ2) is 4.25. The second-order valence-corrected chi connectivity index (χ2v) is 2.34. The standard InChI is InChI=1S/C9H9NO3/c1-13-8-4-2-7(3-5-8)10-9(12)6-11/h2-6H,1H3,(H,10,12). The van der Waals surface area contributed by atoms with E-state index in [1.807, 2.05) is 0 Å². The number of carbonyl (C=O) groups excluding carboxylic acids is 2. The molecule has 1 aromatic carbocycles. The van der Waals surface area contributed by atoms with Crippen LogP contribution in [-0.2, 0) is 9.59 Å². The number of anilines is 1. The Morgan fingerprint density at radius 2 is 2.00 bits per heavy atom. The number of hydrogen-bond acceptors (Lipinski definition) is 3. The molecule has 1 rings (SSSR count). The lowest BCUT2D eigenvalue weighted by Gasteiger charge is -2.02. The molecule has 0 saturated carbocycles. The third-order valence-electron chi connectivity index (χ3n) is 1.46. The highest BCUT2D eigenvalue weighted by atomic mass is 16.5. The summed E-state index contributed by atoms with van der Waals surface area (Å²) >= 11 is 0. The van der Waals surface area contributed by atoms with Crippen LogP contribution in [0.5, 0.6) is 5.75 Å². The number of amides is 1. The molecule has 1 N–H and O–H groups in total. The first-order valence-corrected chi connectivity index (χ1v) is 3.66. The van der Waals surface area contributed by atoms with E-state index in [1.54, 1.807) is 31.4 Å². The minimum absolute atomic E-state index is 0.226. The molecule has 68 valence electrons. The van der Waals surface area contributed by atoms with Crippen molar-refractivity contribution in [2.24, 2.45) is 0 Å². The summed E-state index contributed by atoms with van der Waals surface area (Å²) in [5.74, 6) is 0.0364. The number of benzene rings is 1. The maximum atomic E-state index is 10.6. The van der Waals surface area contributed by atoms with Crippen LogP contribution in [0.25, 0.3) is 0 Å². The first-order chi connectivity index (χ1) is 6.26. The van der Waals surface area contributed by atoms with Crippen LogP contribution in [0.4, 0.5) is 5.69 Å². The fourth-order valence-corrected chi connectivity index (χ4v) is 0.846. The van der Waals surface area contributed by atoms with Crippen LogP contribution >= 0.6 is 0 Å². The predicted octanol–water partition coefficient (Wildman–Crippen LogP) is 0.833. The summed E-state index contributed by atoms with van der Waals surface area (Å²) in [6.07, 6.45) is 0.226. The van der Waals surface area contributed by atoms with Crippen molar-refractivity contribution in [3.63, 3.8) is 0 Å². The molecular weight excluding hydrogens is 170 g/mol. The van der Waals surface area contributed by atoms with Crippen LogP contribution in [0.3, 0.4) is 0 Å². The van der Waals surface area contributed by atoms with E-state index in [9.17, 15) is 9.59 Å². The van der Waals surface area contributed by atoms with E-state index in [-0.39, 0.29) is 6.29 Å². The molecule has 0 saturated heterocycles. The first-order valence-electron chi connectivity index (χ1n) is 3.66. The van der Waals surface area contributed by atoms with E-state index >= 15 is 0 Å². The zero-order chi connectivity index (χ0) is 9.68. The monoisotopic (exact) mass is 179 g/mol. The topological polar surface area (TPSA) is 55.4 Å². The van der Waals surface area contributed by atoms with Gasteiger partial charge in [0.25, 0.3) is 5.91 Å². The van der Waals surface area contributed by atoms with Crippen molar-refractivity contribution < 1.29 is 14.3 Å². The Labute approximate surface area is 75.5 Å². The number of nitrogens with one attached hydrogen (secondary N) is 1. The van der Waals surface area contributed by atoms with Crippen LogP contribution < -0.4 is 10.1 Å². The van der Waals surface area contributed by atoms with Crippen molar-refractivity contribution in [1.82, 2.24) is 0 Å². The molecule has 0 bridgehead atoms. The van der Waals surface area contributed by atoms with Crippen LogP contribution in [0, 0.1) is 0 Å². The predicted molar refractivity (Wildman–Crippen MR) is 47.7 cm³/mol. The first kappa shape index (κ1) is 9.25. The van der Waals surface area contributed by atoms with E-state index in [0.29, 0.717) is 11.4 Å². The van der Waals surface area contributed by atoms with Gasteiger partial charge in [-0.25, -0.2) is 0 Å². The highest BCUT2D eigenvalue weighted by molar-refractivity contribution is 6.29. The van der Waals surface area contributed by atoms with E-state index in [0.717, 1.165) is 0 Å². The summed E-state index contributed by atoms with van der Waals surface area (Å²) in [5, 5.41) is 2.38. The number of rotatable bonds is 3. The molecule has 4 nitrogen and oxygen atoms in total. The molecule has 4 heteroatoms. The van der Waals surface area contributed by atoms with Gasteiger partial charge in [0.2, 0.25) is 6.29 Å². The number of ether oxygens (including phenoxy) is 1. The molecule has 13 heavy (non-hydrogen) atoms. The number of hydrogen-bond donors (Lipinski definition) is 1. The van der Waals surface area contributed by atoms with Gasteiger partial charge in [-0.05, 0) is 24.3 Å². The van der Waals surface area contributed by atoms with Crippen LogP contribution in [0.15, 0.2) is 24.3 Å². The minimum Gasteiger partial charge on any atom is -0.497 e. The average Bonchev–Trinajstić information content (AvgIpc) is 2.19. The minimum atomic E-state index is -0.662. The summed E-state index contributed by atoms with van der Waals surface area (Å²) in [6.45, 7) is 0. The summed E-state index contributed by atoms with van der Waals surface area (Å²) in [7, 11) is 1.55. The Balaban J connectivity index is 2.69. The normalized spacial score (nSPS) is 9.00. The maximum Gasteiger partial charge on any atom is 0.288 e. The van der Waals surface area contributed by atoms with Gasteiger partial charge >= 0.3 is 0 Å². The molecule has 0 spiro atoms. The molecule has 0 aromatic heterocycles. The van der Waals surface area contributed by atoms with Gasteiger partial charge in [0.05, 0.1) is 7.11 Å². The number of methoxy groups -OCH3 is 1.